The fraction of sp³-hybridized carbons (Fsp3) is 0.286. The lowest BCUT2D eigenvalue weighted by molar-refractivity contribution is -0.122. The van der Waals surface area contributed by atoms with E-state index in [9.17, 15) is 22.8 Å². The number of carbonyl (C=O) groups excluding carboxylic acids is 3. The van der Waals surface area contributed by atoms with Gasteiger partial charge in [0.1, 0.15) is 12.7 Å². The number of fused-ring (bicyclic) bond motifs is 5. The van der Waals surface area contributed by atoms with Crippen molar-refractivity contribution in [2.75, 3.05) is 37.8 Å². The normalized spacial score (nSPS) is 17.5. The summed E-state index contributed by atoms with van der Waals surface area (Å²) in [4.78, 5) is 41.8. The number of sulfonamides is 1. The van der Waals surface area contributed by atoms with E-state index in [2.05, 4.69) is 5.32 Å². The predicted octanol–water partition coefficient (Wildman–Crippen LogP) is 0.809. The van der Waals surface area contributed by atoms with E-state index >= 15 is 0 Å². The monoisotopic (exact) mass is 442 g/mol. The molecule has 1 N–H and O–H groups in total. The molecule has 0 bridgehead atoms. The Hall–Kier alpha value is -3.24. The summed E-state index contributed by atoms with van der Waals surface area (Å²) >= 11 is 0. The van der Waals surface area contributed by atoms with Gasteiger partial charge in [-0.25, -0.2) is 12.7 Å². The number of benzene rings is 2. The van der Waals surface area contributed by atoms with Crippen LogP contribution >= 0.6 is 0 Å². The molecule has 2 aliphatic rings. The van der Waals surface area contributed by atoms with Gasteiger partial charge in [0.05, 0.1) is 17.0 Å². The maximum absolute atomic E-state index is 13.2. The maximum atomic E-state index is 13.2. The minimum atomic E-state index is -3.45. The zero-order valence-corrected chi connectivity index (χ0v) is 17.9. The lowest BCUT2D eigenvalue weighted by Gasteiger charge is -2.40. The molecule has 0 fully saturated rings. The molecular weight excluding hydrogens is 420 g/mol. The van der Waals surface area contributed by atoms with E-state index in [1.54, 1.807) is 48.5 Å². The summed E-state index contributed by atoms with van der Waals surface area (Å²) in [5.41, 5.74) is 1.98. The van der Waals surface area contributed by atoms with Gasteiger partial charge in [-0.15, -0.1) is 0 Å². The number of amides is 3. The van der Waals surface area contributed by atoms with Crippen molar-refractivity contribution in [3.8, 4) is 0 Å². The number of para-hydroxylation sites is 1. The van der Waals surface area contributed by atoms with Gasteiger partial charge in [-0.05, 0) is 18.2 Å². The molecule has 1 unspecified atom stereocenters. The third kappa shape index (κ3) is 3.57. The smallest absolute Gasteiger partial charge is 0.260 e. The maximum Gasteiger partial charge on any atom is 0.260 e. The number of anilines is 1. The van der Waals surface area contributed by atoms with Crippen LogP contribution in [0.1, 0.15) is 32.4 Å². The molecule has 9 nitrogen and oxygen atoms in total. The Morgan fingerprint density at radius 3 is 2.35 bits per heavy atom. The summed E-state index contributed by atoms with van der Waals surface area (Å²) in [6.45, 7) is -0.389. The molecule has 10 heteroatoms. The largest absolute Gasteiger partial charge is 0.353 e. The first kappa shape index (κ1) is 21.0. The van der Waals surface area contributed by atoms with Gasteiger partial charge in [-0.1, -0.05) is 30.3 Å². The summed E-state index contributed by atoms with van der Waals surface area (Å²) in [5, 5.41) is 2.56. The Morgan fingerprint density at radius 1 is 1.00 bits per heavy atom. The molecular formula is C21H22N4O5S. The minimum Gasteiger partial charge on any atom is -0.353 e. The first-order chi connectivity index (χ1) is 14.7. The highest BCUT2D eigenvalue weighted by molar-refractivity contribution is 7.89. The molecule has 0 radical (unpaired) electrons. The molecule has 4 rings (SSSR count). The Morgan fingerprint density at radius 2 is 1.65 bits per heavy atom. The van der Waals surface area contributed by atoms with Gasteiger partial charge in [-0.3, -0.25) is 19.3 Å². The van der Waals surface area contributed by atoms with Gasteiger partial charge in [0.25, 0.3) is 11.8 Å². The van der Waals surface area contributed by atoms with Crippen LogP contribution in [0, 0.1) is 0 Å². The van der Waals surface area contributed by atoms with E-state index in [0.717, 1.165) is 4.31 Å². The molecule has 2 heterocycles. The zero-order valence-electron chi connectivity index (χ0n) is 17.1. The molecule has 2 aromatic rings. The summed E-state index contributed by atoms with van der Waals surface area (Å²) in [6, 6.07) is 13.8. The molecule has 0 saturated heterocycles. The van der Waals surface area contributed by atoms with E-state index in [-0.39, 0.29) is 30.7 Å². The first-order valence-corrected chi connectivity index (χ1v) is 11.3. The number of nitrogens with zero attached hydrogens (tertiary/aromatic N) is 3. The second kappa shape index (κ2) is 7.78. The van der Waals surface area contributed by atoms with Crippen LogP contribution < -0.4 is 10.2 Å². The van der Waals surface area contributed by atoms with Crippen LogP contribution in [-0.2, 0) is 14.8 Å². The summed E-state index contributed by atoms with van der Waals surface area (Å²) < 4.78 is 24.8. The number of nitrogens with one attached hydrogen (secondary N) is 1. The van der Waals surface area contributed by atoms with Crippen LogP contribution in [0.2, 0.25) is 0 Å². The molecule has 3 amide bonds. The molecule has 0 saturated carbocycles. The Labute approximate surface area is 180 Å². The molecule has 162 valence electrons. The molecule has 0 spiro atoms. The zero-order chi connectivity index (χ0) is 22.3. The highest BCUT2D eigenvalue weighted by atomic mass is 32.2. The third-order valence-corrected chi connectivity index (χ3v) is 7.27. The van der Waals surface area contributed by atoms with Crippen molar-refractivity contribution >= 4 is 33.4 Å². The van der Waals surface area contributed by atoms with Crippen molar-refractivity contribution < 1.29 is 22.8 Å². The first-order valence-electron chi connectivity index (χ1n) is 9.72. The van der Waals surface area contributed by atoms with Crippen LogP contribution in [0.3, 0.4) is 0 Å². The van der Waals surface area contributed by atoms with Crippen molar-refractivity contribution in [3.05, 3.63) is 65.2 Å². The average molecular weight is 442 g/mol. The molecule has 0 aliphatic carbocycles. The Bertz CT molecular complexity index is 1180. The van der Waals surface area contributed by atoms with Crippen LogP contribution in [0.25, 0.3) is 0 Å². The Kier molecular flexibility index (Phi) is 5.28. The molecule has 0 aromatic heterocycles. The van der Waals surface area contributed by atoms with Crippen molar-refractivity contribution in [1.29, 1.82) is 0 Å². The van der Waals surface area contributed by atoms with Gasteiger partial charge < -0.3 is 10.2 Å². The minimum absolute atomic E-state index is 0.0815. The van der Waals surface area contributed by atoms with Gasteiger partial charge in [-0.2, -0.15) is 0 Å². The number of rotatable bonds is 6. The lowest BCUT2D eigenvalue weighted by atomic mass is 10.0. The molecule has 2 aliphatic heterocycles. The molecule has 2 aromatic carbocycles. The van der Waals surface area contributed by atoms with Crippen LogP contribution in [0.15, 0.2) is 48.5 Å². The fourth-order valence-corrected chi connectivity index (χ4v) is 4.57. The number of carbonyl (C=O) groups is 3. The van der Waals surface area contributed by atoms with E-state index < -0.39 is 22.1 Å². The van der Waals surface area contributed by atoms with Crippen LogP contribution in [0.5, 0.6) is 0 Å². The van der Waals surface area contributed by atoms with Crippen molar-refractivity contribution in [2.24, 2.45) is 0 Å². The topological polar surface area (TPSA) is 107 Å². The quantitative estimate of drug-likeness (QED) is 0.713. The lowest BCUT2D eigenvalue weighted by Crippen LogP contribution is -2.51. The fourth-order valence-electron chi connectivity index (χ4n) is 3.85. The summed E-state index contributed by atoms with van der Waals surface area (Å²) in [7, 11) is -0.612. The van der Waals surface area contributed by atoms with Gasteiger partial charge in [0, 0.05) is 31.8 Å². The van der Waals surface area contributed by atoms with E-state index in [1.807, 2.05) is 0 Å². The average Bonchev–Trinajstić information content (AvgIpc) is 3.04. The van der Waals surface area contributed by atoms with E-state index in [0.29, 0.717) is 22.4 Å². The highest BCUT2D eigenvalue weighted by Gasteiger charge is 2.47. The molecule has 31 heavy (non-hydrogen) atoms. The highest BCUT2D eigenvalue weighted by Crippen LogP contribution is 2.44. The van der Waals surface area contributed by atoms with Crippen LogP contribution in [-0.4, -0.2) is 68.3 Å². The molecule has 1 atom stereocenters. The van der Waals surface area contributed by atoms with E-state index in [1.165, 1.54) is 23.9 Å². The van der Waals surface area contributed by atoms with Crippen LogP contribution in [0.4, 0.5) is 5.69 Å². The van der Waals surface area contributed by atoms with Crippen molar-refractivity contribution in [2.45, 2.75) is 6.17 Å². The number of hydrogen-bond acceptors (Lipinski definition) is 5. The van der Waals surface area contributed by atoms with Crippen molar-refractivity contribution in [3.63, 3.8) is 0 Å². The predicted molar refractivity (Wildman–Crippen MR) is 114 cm³/mol. The second-order valence-electron chi connectivity index (χ2n) is 7.53. The third-order valence-electron chi connectivity index (χ3n) is 5.44. The van der Waals surface area contributed by atoms with Gasteiger partial charge >= 0.3 is 0 Å². The second-order valence-corrected chi connectivity index (χ2v) is 9.84. The SMILES string of the molecule is CN(C)S(=O)(=O)CCNC(=O)CN1C(=O)c2ccccc2N2C(=O)c3ccccc3C12. The Balaban J connectivity index is 1.61. The summed E-state index contributed by atoms with van der Waals surface area (Å²) in [6.07, 6.45) is -0.734. The summed E-state index contributed by atoms with van der Waals surface area (Å²) in [5.74, 6) is -1.35. The standard InChI is InChI=1S/C21H22N4O5S/c1-23(2)31(29,30)12-11-22-18(26)13-24-19-14-7-3-4-8-15(14)21(28)25(19)17-10-6-5-9-16(17)20(24)27/h3-10,19H,11-13H2,1-2H3,(H,22,26). The van der Waals surface area contributed by atoms with E-state index in [4.69, 9.17) is 0 Å². The van der Waals surface area contributed by atoms with Gasteiger partial charge in [0.15, 0.2) is 0 Å². The van der Waals surface area contributed by atoms with Gasteiger partial charge in [0.2, 0.25) is 15.9 Å². The number of hydrogen-bond donors (Lipinski definition) is 1. The van der Waals surface area contributed by atoms with Crippen molar-refractivity contribution in [1.82, 2.24) is 14.5 Å².